The van der Waals surface area contributed by atoms with Gasteiger partial charge in [0.25, 0.3) is 5.91 Å². The van der Waals surface area contributed by atoms with E-state index in [1.165, 1.54) is 25.6 Å². The molecule has 2 N–H and O–H groups in total. The Bertz CT molecular complexity index is 977. The summed E-state index contributed by atoms with van der Waals surface area (Å²) in [6.45, 7) is 0. The van der Waals surface area contributed by atoms with Gasteiger partial charge < -0.3 is 15.4 Å². The normalized spacial score (nSPS) is 17.9. The van der Waals surface area contributed by atoms with Gasteiger partial charge in [-0.2, -0.15) is 0 Å². The Labute approximate surface area is 156 Å². The summed E-state index contributed by atoms with van der Waals surface area (Å²) in [4.78, 5) is 32.0. The topological polar surface area (TPSA) is 127 Å². The quantitative estimate of drug-likeness (QED) is 0.727. The molecule has 0 bridgehead atoms. The summed E-state index contributed by atoms with van der Waals surface area (Å²) in [6.07, 6.45) is 1.72. The number of benzene rings is 1. The molecule has 0 aliphatic carbocycles. The molecular weight excluding hydrogens is 372 g/mol. The van der Waals surface area contributed by atoms with Crippen LogP contribution in [-0.4, -0.2) is 54.9 Å². The van der Waals surface area contributed by atoms with Crippen LogP contribution in [0.25, 0.3) is 0 Å². The minimum atomic E-state index is -3.02. The fourth-order valence-electron chi connectivity index (χ4n) is 2.72. The molecule has 0 spiro atoms. The molecular formula is C17H18N4O5S. The van der Waals surface area contributed by atoms with Crippen molar-refractivity contribution < 1.29 is 22.7 Å². The second kappa shape index (κ2) is 7.70. The van der Waals surface area contributed by atoms with Crippen molar-refractivity contribution in [3.05, 3.63) is 47.9 Å². The second-order valence-corrected chi connectivity index (χ2v) is 8.29. The van der Waals surface area contributed by atoms with Crippen LogP contribution in [0, 0.1) is 0 Å². The van der Waals surface area contributed by atoms with Crippen molar-refractivity contribution in [2.75, 3.05) is 29.2 Å². The number of anilines is 2. The number of carbonyl (C=O) groups excluding carboxylic acids is 2. The van der Waals surface area contributed by atoms with E-state index in [2.05, 4.69) is 25.3 Å². The maximum Gasteiger partial charge on any atom is 0.337 e. The second-order valence-electron chi connectivity index (χ2n) is 6.06. The zero-order valence-electron chi connectivity index (χ0n) is 14.5. The molecule has 0 saturated carbocycles. The van der Waals surface area contributed by atoms with Gasteiger partial charge in [-0.15, -0.1) is 0 Å². The van der Waals surface area contributed by atoms with Gasteiger partial charge in [0, 0.05) is 17.8 Å². The maximum absolute atomic E-state index is 12.4. The molecule has 27 heavy (non-hydrogen) atoms. The highest BCUT2D eigenvalue weighted by Crippen LogP contribution is 2.17. The van der Waals surface area contributed by atoms with Gasteiger partial charge in [-0.1, -0.05) is 6.07 Å². The van der Waals surface area contributed by atoms with Gasteiger partial charge in [0.2, 0.25) is 0 Å². The van der Waals surface area contributed by atoms with Crippen LogP contribution in [0.1, 0.15) is 27.3 Å². The maximum atomic E-state index is 12.4. The van der Waals surface area contributed by atoms with Crippen molar-refractivity contribution in [3.8, 4) is 0 Å². The summed E-state index contributed by atoms with van der Waals surface area (Å²) in [6, 6.07) is 7.53. The molecule has 142 valence electrons. The standard InChI is InChI=1S/C17H18N4O5S/c1-26-17(23)11-3-2-4-12(7-11)21-16(22)14-8-15(19-10-18-14)20-13-5-6-27(24,25)9-13/h2-4,7-8,10,13H,5-6,9H2,1H3,(H,21,22)(H,18,19,20). The van der Waals surface area contributed by atoms with Crippen molar-refractivity contribution in [1.29, 1.82) is 0 Å². The Morgan fingerprint density at radius 1 is 1.22 bits per heavy atom. The number of methoxy groups -OCH3 is 1. The van der Waals surface area contributed by atoms with Gasteiger partial charge in [-0.3, -0.25) is 4.79 Å². The highest BCUT2D eigenvalue weighted by atomic mass is 32.2. The zero-order valence-corrected chi connectivity index (χ0v) is 15.3. The van der Waals surface area contributed by atoms with Gasteiger partial charge in [0.15, 0.2) is 9.84 Å². The average molecular weight is 390 g/mol. The molecule has 1 fully saturated rings. The van der Waals surface area contributed by atoms with Crippen LogP contribution >= 0.6 is 0 Å². The third-order valence-corrected chi connectivity index (χ3v) is 5.79. The molecule has 1 aromatic heterocycles. The van der Waals surface area contributed by atoms with Gasteiger partial charge >= 0.3 is 5.97 Å². The third kappa shape index (κ3) is 4.79. The molecule has 10 heteroatoms. The molecule has 1 aromatic carbocycles. The number of sulfone groups is 1. The van der Waals surface area contributed by atoms with Crippen molar-refractivity contribution >= 4 is 33.2 Å². The predicted octanol–water partition coefficient (Wildman–Crippen LogP) is 1.11. The Morgan fingerprint density at radius 3 is 2.74 bits per heavy atom. The zero-order chi connectivity index (χ0) is 19.4. The van der Waals surface area contributed by atoms with Crippen molar-refractivity contribution in [1.82, 2.24) is 9.97 Å². The molecule has 3 rings (SSSR count). The number of hydrogen-bond donors (Lipinski definition) is 2. The first kappa shape index (κ1) is 18.8. The summed E-state index contributed by atoms with van der Waals surface area (Å²) in [7, 11) is -1.74. The van der Waals surface area contributed by atoms with E-state index in [1.807, 2.05) is 0 Å². The number of nitrogens with one attached hydrogen (secondary N) is 2. The minimum Gasteiger partial charge on any atom is -0.465 e. The van der Waals surface area contributed by atoms with Crippen LogP contribution in [0.4, 0.5) is 11.5 Å². The van der Waals surface area contributed by atoms with E-state index in [0.29, 0.717) is 23.5 Å². The Balaban J connectivity index is 1.70. The van der Waals surface area contributed by atoms with E-state index in [-0.39, 0.29) is 23.2 Å². The van der Waals surface area contributed by atoms with E-state index < -0.39 is 21.7 Å². The van der Waals surface area contributed by atoms with Crippen molar-refractivity contribution in [2.45, 2.75) is 12.5 Å². The number of amides is 1. The summed E-state index contributed by atoms with van der Waals surface area (Å²) in [5, 5.41) is 5.67. The Morgan fingerprint density at radius 2 is 2.04 bits per heavy atom. The molecule has 1 atom stereocenters. The fourth-order valence-corrected chi connectivity index (χ4v) is 4.39. The highest BCUT2D eigenvalue weighted by molar-refractivity contribution is 7.91. The van der Waals surface area contributed by atoms with E-state index in [0.717, 1.165) is 0 Å². The highest BCUT2D eigenvalue weighted by Gasteiger charge is 2.28. The summed E-state index contributed by atoms with van der Waals surface area (Å²) in [5.41, 5.74) is 0.831. The molecule has 1 aliphatic heterocycles. The van der Waals surface area contributed by atoms with Gasteiger partial charge in [0.05, 0.1) is 24.2 Å². The molecule has 2 heterocycles. The smallest absolute Gasteiger partial charge is 0.337 e. The lowest BCUT2D eigenvalue weighted by molar-refractivity contribution is 0.0600. The van der Waals surface area contributed by atoms with E-state index in [1.54, 1.807) is 18.2 Å². The Kier molecular flexibility index (Phi) is 5.36. The number of hydrogen-bond acceptors (Lipinski definition) is 8. The molecule has 0 radical (unpaired) electrons. The van der Waals surface area contributed by atoms with Crippen LogP contribution in [0.2, 0.25) is 0 Å². The fraction of sp³-hybridized carbons (Fsp3) is 0.294. The molecule has 1 amide bonds. The first-order chi connectivity index (χ1) is 12.9. The number of esters is 1. The predicted molar refractivity (Wildman–Crippen MR) is 98.4 cm³/mol. The summed E-state index contributed by atoms with van der Waals surface area (Å²) >= 11 is 0. The van der Waals surface area contributed by atoms with Crippen LogP contribution < -0.4 is 10.6 Å². The molecule has 1 saturated heterocycles. The number of aromatic nitrogens is 2. The monoisotopic (exact) mass is 390 g/mol. The van der Waals surface area contributed by atoms with Crippen molar-refractivity contribution in [3.63, 3.8) is 0 Å². The number of ether oxygens (including phenoxy) is 1. The molecule has 1 aliphatic rings. The van der Waals surface area contributed by atoms with E-state index in [4.69, 9.17) is 0 Å². The Hall–Kier alpha value is -3.01. The lowest BCUT2D eigenvalue weighted by Gasteiger charge is -2.12. The van der Waals surface area contributed by atoms with Crippen molar-refractivity contribution in [2.24, 2.45) is 0 Å². The molecule has 2 aromatic rings. The lowest BCUT2D eigenvalue weighted by atomic mass is 10.2. The SMILES string of the molecule is COC(=O)c1cccc(NC(=O)c2cc(NC3CCS(=O)(=O)C3)ncn2)c1. The molecule has 1 unspecified atom stereocenters. The van der Waals surface area contributed by atoms with Crippen LogP contribution in [0.15, 0.2) is 36.7 Å². The lowest BCUT2D eigenvalue weighted by Crippen LogP contribution is -2.22. The van der Waals surface area contributed by atoms with Gasteiger partial charge in [-0.05, 0) is 24.6 Å². The number of rotatable bonds is 5. The molecule has 9 nitrogen and oxygen atoms in total. The van der Waals surface area contributed by atoms with Crippen LogP contribution in [0.3, 0.4) is 0 Å². The summed E-state index contributed by atoms with van der Waals surface area (Å²) < 4.78 is 27.7. The van der Waals surface area contributed by atoms with Gasteiger partial charge in [0.1, 0.15) is 17.8 Å². The van der Waals surface area contributed by atoms with E-state index >= 15 is 0 Å². The third-order valence-electron chi connectivity index (χ3n) is 4.03. The summed E-state index contributed by atoms with van der Waals surface area (Å²) in [5.74, 6) is -0.438. The number of carbonyl (C=O) groups is 2. The van der Waals surface area contributed by atoms with Gasteiger partial charge in [-0.25, -0.2) is 23.2 Å². The van der Waals surface area contributed by atoms with E-state index in [9.17, 15) is 18.0 Å². The first-order valence-electron chi connectivity index (χ1n) is 8.15. The van der Waals surface area contributed by atoms with Crippen LogP contribution in [0.5, 0.6) is 0 Å². The average Bonchev–Trinajstić information content (AvgIpc) is 2.99. The first-order valence-corrected chi connectivity index (χ1v) is 9.97. The minimum absolute atomic E-state index is 0.0405. The van der Waals surface area contributed by atoms with Crippen LogP contribution in [-0.2, 0) is 14.6 Å². The number of nitrogens with zero attached hydrogens (tertiary/aromatic N) is 2. The largest absolute Gasteiger partial charge is 0.465 e.